The van der Waals surface area contributed by atoms with Gasteiger partial charge in [-0.05, 0) is 30.3 Å². The van der Waals surface area contributed by atoms with Gasteiger partial charge in [0.1, 0.15) is 10.7 Å². The number of sulfone groups is 1. The normalized spacial score (nSPS) is 14.4. The van der Waals surface area contributed by atoms with Crippen LogP contribution in [-0.4, -0.2) is 43.7 Å². The number of hydrogen-bond donors (Lipinski definition) is 1. The van der Waals surface area contributed by atoms with Gasteiger partial charge in [-0.1, -0.05) is 12.1 Å². The maximum absolute atomic E-state index is 13.3. The Morgan fingerprint density at radius 3 is 2.07 bits per heavy atom. The summed E-state index contributed by atoms with van der Waals surface area (Å²) in [6.07, 6.45) is 0. The number of fused-ring (bicyclic) bond motifs is 1. The Morgan fingerprint density at radius 1 is 0.964 bits per heavy atom. The summed E-state index contributed by atoms with van der Waals surface area (Å²) < 4.78 is 75.1. The molecule has 0 aliphatic carbocycles. The molecule has 0 unspecified atom stereocenters. The SMILES string of the molecule is O=C1c2ccccc2C(=O)N1CCNc1ccc(F)cc1S(=O)(=O)C(F)(F)F. The van der Waals surface area contributed by atoms with Crippen molar-refractivity contribution in [2.45, 2.75) is 10.4 Å². The molecule has 1 aliphatic heterocycles. The minimum atomic E-state index is -5.79. The predicted molar refractivity (Wildman–Crippen MR) is 89.9 cm³/mol. The number of anilines is 1. The summed E-state index contributed by atoms with van der Waals surface area (Å²) in [5.74, 6) is -2.29. The zero-order chi connectivity index (χ0) is 20.7. The van der Waals surface area contributed by atoms with Gasteiger partial charge in [0, 0.05) is 13.1 Å². The molecule has 2 aromatic rings. The van der Waals surface area contributed by atoms with Crippen molar-refractivity contribution in [2.24, 2.45) is 0 Å². The third-order valence-electron chi connectivity index (χ3n) is 4.07. The number of rotatable bonds is 5. The van der Waals surface area contributed by atoms with E-state index in [0.717, 1.165) is 17.0 Å². The summed E-state index contributed by atoms with van der Waals surface area (Å²) in [5, 5.41) is 2.42. The lowest BCUT2D eigenvalue weighted by atomic mass is 10.1. The van der Waals surface area contributed by atoms with Crippen LogP contribution < -0.4 is 5.32 Å². The molecule has 1 aliphatic rings. The van der Waals surface area contributed by atoms with E-state index in [2.05, 4.69) is 5.32 Å². The minimum Gasteiger partial charge on any atom is -0.382 e. The van der Waals surface area contributed by atoms with Crippen LogP contribution in [0.3, 0.4) is 0 Å². The van der Waals surface area contributed by atoms with Crippen molar-refractivity contribution in [3.05, 3.63) is 59.4 Å². The highest BCUT2D eigenvalue weighted by molar-refractivity contribution is 7.92. The first-order valence-electron chi connectivity index (χ1n) is 7.84. The molecular formula is C17H12F4N2O4S. The Bertz CT molecular complexity index is 1030. The van der Waals surface area contributed by atoms with Gasteiger partial charge in [-0.3, -0.25) is 14.5 Å². The number of nitrogens with one attached hydrogen (secondary N) is 1. The first-order valence-corrected chi connectivity index (χ1v) is 9.32. The number of carbonyl (C=O) groups is 2. The van der Waals surface area contributed by atoms with Crippen molar-refractivity contribution in [2.75, 3.05) is 18.4 Å². The van der Waals surface area contributed by atoms with Gasteiger partial charge in [-0.2, -0.15) is 13.2 Å². The highest BCUT2D eigenvalue weighted by Gasteiger charge is 2.48. The van der Waals surface area contributed by atoms with Crippen LogP contribution in [0.4, 0.5) is 23.2 Å². The van der Waals surface area contributed by atoms with Crippen LogP contribution in [0.15, 0.2) is 47.4 Å². The fourth-order valence-electron chi connectivity index (χ4n) is 2.73. The number of imide groups is 1. The topological polar surface area (TPSA) is 83.6 Å². The molecular weight excluding hydrogens is 404 g/mol. The van der Waals surface area contributed by atoms with E-state index in [1.807, 2.05) is 0 Å². The second kappa shape index (κ2) is 6.89. The van der Waals surface area contributed by atoms with Crippen LogP contribution in [0.1, 0.15) is 20.7 Å². The lowest BCUT2D eigenvalue weighted by Crippen LogP contribution is -2.34. The second-order valence-corrected chi connectivity index (χ2v) is 7.73. The van der Waals surface area contributed by atoms with E-state index in [-0.39, 0.29) is 30.3 Å². The van der Waals surface area contributed by atoms with Gasteiger partial charge >= 0.3 is 5.51 Å². The first kappa shape index (κ1) is 19.8. The number of carbonyl (C=O) groups excluding carboxylic acids is 2. The zero-order valence-corrected chi connectivity index (χ0v) is 14.8. The Hall–Kier alpha value is -2.95. The summed E-state index contributed by atoms with van der Waals surface area (Å²) in [6, 6.07) is 7.99. The number of nitrogens with zero attached hydrogens (tertiary/aromatic N) is 1. The van der Waals surface area contributed by atoms with Crippen LogP contribution in [0.25, 0.3) is 0 Å². The minimum absolute atomic E-state index is 0.203. The molecule has 0 spiro atoms. The molecule has 28 heavy (non-hydrogen) atoms. The smallest absolute Gasteiger partial charge is 0.382 e. The van der Waals surface area contributed by atoms with Gasteiger partial charge < -0.3 is 5.32 Å². The van der Waals surface area contributed by atoms with E-state index in [0.29, 0.717) is 0 Å². The molecule has 1 heterocycles. The predicted octanol–water partition coefficient (Wildman–Crippen LogP) is 2.83. The Kier molecular flexibility index (Phi) is 4.88. The van der Waals surface area contributed by atoms with Crippen molar-refractivity contribution < 1.29 is 35.6 Å². The zero-order valence-electron chi connectivity index (χ0n) is 14.0. The van der Waals surface area contributed by atoms with Crippen LogP contribution >= 0.6 is 0 Å². The molecule has 0 atom stereocenters. The number of amides is 2. The van der Waals surface area contributed by atoms with Crippen molar-refractivity contribution in [1.82, 2.24) is 4.90 Å². The lowest BCUT2D eigenvalue weighted by Gasteiger charge is -2.17. The molecule has 2 aromatic carbocycles. The van der Waals surface area contributed by atoms with Crippen LogP contribution in [0.2, 0.25) is 0 Å². The largest absolute Gasteiger partial charge is 0.501 e. The van der Waals surface area contributed by atoms with E-state index in [1.54, 1.807) is 12.1 Å². The van der Waals surface area contributed by atoms with Crippen LogP contribution in [0, 0.1) is 5.82 Å². The van der Waals surface area contributed by atoms with Crippen LogP contribution in [0.5, 0.6) is 0 Å². The summed E-state index contributed by atoms with van der Waals surface area (Å²) in [4.78, 5) is 24.1. The summed E-state index contributed by atoms with van der Waals surface area (Å²) in [6.45, 7) is -0.466. The van der Waals surface area contributed by atoms with Crippen LogP contribution in [-0.2, 0) is 9.84 Å². The molecule has 0 fully saturated rings. The first-order chi connectivity index (χ1) is 13.0. The molecule has 11 heteroatoms. The third kappa shape index (κ3) is 3.33. The van der Waals surface area contributed by atoms with E-state index >= 15 is 0 Å². The fourth-order valence-corrected chi connectivity index (χ4v) is 3.68. The average Bonchev–Trinajstić information content (AvgIpc) is 2.87. The standard InChI is InChI=1S/C17H12F4N2O4S/c18-10-5-6-13(14(9-10)28(26,27)17(19,20)21)22-7-8-23-15(24)11-3-1-2-4-12(11)16(23)25/h1-6,9,22H,7-8H2. The van der Waals surface area contributed by atoms with Gasteiger partial charge in [0.15, 0.2) is 0 Å². The second-order valence-electron chi connectivity index (χ2n) is 5.82. The number of benzene rings is 2. The molecule has 0 aromatic heterocycles. The van der Waals surface area contributed by atoms with Gasteiger partial charge in [0.2, 0.25) is 0 Å². The van der Waals surface area contributed by atoms with Crippen molar-refractivity contribution in [3.8, 4) is 0 Å². The number of alkyl halides is 3. The molecule has 2 amide bonds. The van der Waals surface area contributed by atoms with E-state index in [1.165, 1.54) is 12.1 Å². The van der Waals surface area contributed by atoms with Gasteiger partial charge in [0.05, 0.1) is 16.8 Å². The molecule has 148 valence electrons. The monoisotopic (exact) mass is 416 g/mol. The summed E-state index contributed by atoms with van der Waals surface area (Å²) in [7, 11) is -5.79. The maximum atomic E-state index is 13.3. The fraction of sp³-hybridized carbons (Fsp3) is 0.176. The highest BCUT2D eigenvalue weighted by atomic mass is 32.2. The maximum Gasteiger partial charge on any atom is 0.501 e. The third-order valence-corrected chi connectivity index (χ3v) is 5.59. The van der Waals surface area contributed by atoms with Crippen molar-refractivity contribution >= 4 is 27.3 Å². The Morgan fingerprint density at radius 2 is 1.54 bits per heavy atom. The molecule has 0 saturated heterocycles. The van der Waals surface area contributed by atoms with E-state index in [4.69, 9.17) is 0 Å². The van der Waals surface area contributed by atoms with Gasteiger partial charge in [-0.15, -0.1) is 0 Å². The van der Waals surface area contributed by atoms with Gasteiger partial charge in [0.25, 0.3) is 21.7 Å². The quantitative estimate of drug-likeness (QED) is 0.599. The lowest BCUT2D eigenvalue weighted by molar-refractivity contribution is -0.0435. The molecule has 0 saturated carbocycles. The van der Waals surface area contributed by atoms with E-state index in [9.17, 15) is 35.6 Å². The number of hydrogen-bond acceptors (Lipinski definition) is 5. The Labute approximate surface area is 156 Å². The Balaban J connectivity index is 1.78. The van der Waals surface area contributed by atoms with E-state index < -0.39 is 43.6 Å². The van der Waals surface area contributed by atoms with Crippen molar-refractivity contribution in [1.29, 1.82) is 0 Å². The highest BCUT2D eigenvalue weighted by Crippen LogP contribution is 2.34. The summed E-state index contributed by atoms with van der Waals surface area (Å²) in [5.41, 5.74) is -5.70. The summed E-state index contributed by atoms with van der Waals surface area (Å²) >= 11 is 0. The van der Waals surface area contributed by atoms with Gasteiger partial charge in [-0.25, -0.2) is 12.8 Å². The molecule has 6 nitrogen and oxygen atoms in total. The molecule has 1 N–H and O–H groups in total. The number of halogens is 4. The molecule has 3 rings (SSSR count). The molecule has 0 radical (unpaired) electrons. The average molecular weight is 416 g/mol. The van der Waals surface area contributed by atoms with Crippen molar-refractivity contribution in [3.63, 3.8) is 0 Å². The molecule has 0 bridgehead atoms.